The predicted molar refractivity (Wildman–Crippen MR) is 75.6 cm³/mol. The van der Waals surface area contributed by atoms with E-state index in [2.05, 4.69) is 0 Å². The van der Waals surface area contributed by atoms with Crippen LogP contribution in [-0.4, -0.2) is 20.2 Å². The molecule has 20 heavy (non-hydrogen) atoms. The largest absolute Gasteiger partial charge is 0.497 e. The van der Waals surface area contributed by atoms with E-state index in [9.17, 15) is 4.79 Å². The molecule has 2 aromatic rings. The average molecular weight is 272 g/mol. The molecule has 0 aliphatic carbocycles. The van der Waals surface area contributed by atoms with Crippen molar-refractivity contribution in [3.05, 3.63) is 53.6 Å². The Labute approximate surface area is 117 Å². The van der Waals surface area contributed by atoms with Crippen molar-refractivity contribution in [3.8, 4) is 17.2 Å². The van der Waals surface area contributed by atoms with Gasteiger partial charge in [0.1, 0.15) is 22.8 Å². The van der Waals surface area contributed by atoms with E-state index in [0.717, 1.165) is 5.56 Å². The molecule has 0 bridgehead atoms. The predicted octanol–water partition coefficient (Wildman–Crippen LogP) is 3.58. The van der Waals surface area contributed by atoms with Crippen molar-refractivity contribution < 1.29 is 19.0 Å². The quantitative estimate of drug-likeness (QED) is 0.798. The Bertz CT molecular complexity index is 620. The molecular weight excluding hydrogens is 256 g/mol. The number of carbonyl (C=O) groups excluding carboxylic acids is 1. The van der Waals surface area contributed by atoms with Gasteiger partial charge in [0.05, 0.1) is 14.2 Å². The van der Waals surface area contributed by atoms with E-state index < -0.39 is 5.97 Å². The molecule has 0 spiro atoms. The molecule has 0 saturated heterocycles. The lowest BCUT2D eigenvalue weighted by Crippen LogP contribution is -2.04. The maximum Gasteiger partial charge on any atom is 0.341 e. The summed E-state index contributed by atoms with van der Waals surface area (Å²) in [6.45, 7) is 1.90. The minimum atomic E-state index is -0.424. The lowest BCUT2D eigenvalue weighted by Gasteiger charge is -2.11. The maximum absolute atomic E-state index is 11.8. The van der Waals surface area contributed by atoms with Gasteiger partial charge in [-0.15, -0.1) is 0 Å². The Balaban J connectivity index is 2.35. The van der Waals surface area contributed by atoms with E-state index in [4.69, 9.17) is 14.2 Å². The number of aryl methyl sites for hydroxylation is 1. The molecule has 0 fully saturated rings. The fraction of sp³-hybridized carbons (Fsp3) is 0.188. The van der Waals surface area contributed by atoms with Gasteiger partial charge in [-0.1, -0.05) is 17.7 Å². The molecule has 0 N–H and O–H groups in total. The van der Waals surface area contributed by atoms with Crippen molar-refractivity contribution in [1.29, 1.82) is 0 Å². The topological polar surface area (TPSA) is 44.8 Å². The van der Waals surface area contributed by atoms with Crippen molar-refractivity contribution in [2.45, 2.75) is 6.92 Å². The molecule has 4 nitrogen and oxygen atoms in total. The van der Waals surface area contributed by atoms with Gasteiger partial charge in [0.25, 0.3) is 0 Å². The molecule has 0 saturated carbocycles. The number of carbonyl (C=O) groups is 1. The highest BCUT2D eigenvalue weighted by Gasteiger charge is 2.14. The first kappa shape index (κ1) is 13.9. The molecule has 104 valence electrons. The number of rotatable bonds is 4. The Morgan fingerprint density at radius 2 is 1.75 bits per heavy atom. The van der Waals surface area contributed by atoms with Gasteiger partial charge >= 0.3 is 5.97 Å². The van der Waals surface area contributed by atoms with Crippen molar-refractivity contribution >= 4 is 5.97 Å². The van der Waals surface area contributed by atoms with E-state index in [1.807, 2.05) is 25.1 Å². The average Bonchev–Trinajstić information content (AvgIpc) is 2.48. The van der Waals surface area contributed by atoms with E-state index in [0.29, 0.717) is 22.8 Å². The van der Waals surface area contributed by atoms with Crippen LogP contribution >= 0.6 is 0 Å². The highest BCUT2D eigenvalue weighted by molar-refractivity contribution is 5.92. The second-order valence-corrected chi connectivity index (χ2v) is 4.27. The number of esters is 1. The first-order valence-electron chi connectivity index (χ1n) is 6.15. The van der Waals surface area contributed by atoms with Crippen LogP contribution in [0, 0.1) is 6.92 Å². The number of hydrogen-bond donors (Lipinski definition) is 0. The van der Waals surface area contributed by atoms with Crippen LogP contribution in [-0.2, 0) is 4.74 Å². The van der Waals surface area contributed by atoms with Crippen molar-refractivity contribution in [1.82, 2.24) is 0 Å². The molecule has 0 aliphatic rings. The normalized spacial score (nSPS) is 9.95. The molecule has 2 aromatic carbocycles. The van der Waals surface area contributed by atoms with Crippen LogP contribution < -0.4 is 9.47 Å². The molecule has 2 rings (SSSR count). The summed E-state index contributed by atoms with van der Waals surface area (Å²) in [5.41, 5.74) is 1.36. The molecule has 0 aliphatic heterocycles. The van der Waals surface area contributed by atoms with E-state index in [1.165, 1.54) is 7.11 Å². The van der Waals surface area contributed by atoms with Gasteiger partial charge in [-0.3, -0.25) is 0 Å². The molecule has 4 heteroatoms. The number of ether oxygens (including phenoxy) is 3. The molecular formula is C16H16O4. The van der Waals surface area contributed by atoms with Crippen LogP contribution in [0.4, 0.5) is 0 Å². The second kappa shape index (κ2) is 6.10. The maximum atomic E-state index is 11.8. The van der Waals surface area contributed by atoms with Crippen LogP contribution in [0.3, 0.4) is 0 Å². The first-order chi connectivity index (χ1) is 9.63. The summed E-state index contributed by atoms with van der Waals surface area (Å²) in [5, 5.41) is 0. The van der Waals surface area contributed by atoms with Gasteiger partial charge in [-0.05, 0) is 31.2 Å². The summed E-state index contributed by atoms with van der Waals surface area (Å²) < 4.78 is 15.7. The summed E-state index contributed by atoms with van der Waals surface area (Å²) in [4.78, 5) is 11.8. The number of benzene rings is 2. The minimum Gasteiger partial charge on any atom is -0.497 e. The van der Waals surface area contributed by atoms with Crippen LogP contribution in [0.25, 0.3) is 0 Å². The summed E-state index contributed by atoms with van der Waals surface area (Å²) in [5.74, 6) is 1.31. The monoisotopic (exact) mass is 272 g/mol. The van der Waals surface area contributed by atoms with Crippen LogP contribution in [0.5, 0.6) is 17.2 Å². The first-order valence-corrected chi connectivity index (χ1v) is 6.15. The molecule has 0 unspecified atom stereocenters. The summed E-state index contributed by atoms with van der Waals surface area (Å²) >= 11 is 0. The molecule has 0 amide bonds. The molecule has 0 atom stereocenters. The smallest absolute Gasteiger partial charge is 0.341 e. The van der Waals surface area contributed by atoms with Gasteiger partial charge in [0.2, 0.25) is 0 Å². The third kappa shape index (κ3) is 3.09. The zero-order valence-corrected chi connectivity index (χ0v) is 11.7. The fourth-order valence-corrected chi connectivity index (χ4v) is 1.79. The van der Waals surface area contributed by atoms with Gasteiger partial charge in [0.15, 0.2) is 0 Å². The minimum absolute atomic E-state index is 0.398. The summed E-state index contributed by atoms with van der Waals surface area (Å²) in [7, 11) is 2.94. The lowest BCUT2D eigenvalue weighted by molar-refractivity contribution is 0.0598. The third-order valence-electron chi connectivity index (χ3n) is 2.81. The van der Waals surface area contributed by atoms with Crippen LogP contribution in [0.2, 0.25) is 0 Å². The van der Waals surface area contributed by atoms with Gasteiger partial charge in [-0.2, -0.15) is 0 Å². The fourth-order valence-electron chi connectivity index (χ4n) is 1.79. The van der Waals surface area contributed by atoms with Crippen molar-refractivity contribution in [2.75, 3.05) is 14.2 Å². The zero-order valence-electron chi connectivity index (χ0n) is 11.7. The lowest BCUT2D eigenvalue weighted by atomic mass is 10.1. The summed E-state index contributed by atoms with van der Waals surface area (Å²) in [6.07, 6.45) is 0. The van der Waals surface area contributed by atoms with Gasteiger partial charge in [-0.25, -0.2) is 4.79 Å². The molecule has 0 radical (unpaired) electrons. The molecule has 0 heterocycles. The highest BCUT2D eigenvalue weighted by atomic mass is 16.5. The third-order valence-corrected chi connectivity index (χ3v) is 2.81. The zero-order chi connectivity index (χ0) is 14.5. The Morgan fingerprint density at radius 1 is 1.00 bits per heavy atom. The second-order valence-electron chi connectivity index (χ2n) is 4.27. The van der Waals surface area contributed by atoms with Gasteiger partial charge in [0, 0.05) is 6.07 Å². The van der Waals surface area contributed by atoms with Crippen LogP contribution in [0.15, 0.2) is 42.5 Å². The standard InChI is InChI=1S/C16H16O4/c1-11-7-8-15(14(9-11)16(17)19-3)20-13-6-4-5-12(10-13)18-2/h4-10H,1-3H3. The van der Waals surface area contributed by atoms with E-state index in [1.54, 1.807) is 31.4 Å². The van der Waals surface area contributed by atoms with Gasteiger partial charge < -0.3 is 14.2 Å². The summed E-state index contributed by atoms with van der Waals surface area (Å²) in [6, 6.07) is 12.6. The van der Waals surface area contributed by atoms with Crippen molar-refractivity contribution in [2.24, 2.45) is 0 Å². The van der Waals surface area contributed by atoms with E-state index in [-0.39, 0.29) is 0 Å². The number of methoxy groups -OCH3 is 2. The number of hydrogen-bond acceptors (Lipinski definition) is 4. The van der Waals surface area contributed by atoms with E-state index >= 15 is 0 Å². The Kier molecular flexibility index (Phi) is 4.25. The van der Waals surface area contributed by atoms with Crippen molar-refractivity contribution in [3.63, 3.8) is 0 Å². The Morgan fingerprint density at radius 3 is 2.45 bits per heavy atom. The SMILES string of the molecule is COC(=O)c1cc(C)ccc1Oc1cccc(OC)c1. The Hall–Kier alpha value is -2.49. The highest BCUT2D eigenvalue weighted by Crippen LogP contribution is 2.29. The van der Waals surface area contributed by atoms with Crippen LogP contribution in [0.1, 0.15) is 15.9 Å². The molecule has 0 aromatic heterocycles.